The fourth-order valence-corrected chi connectivity index (χ4v) is 4.73. The van der Waals surface area contributed by atoms with Crippen molar-refractivity contribution in [1.29, 1.82) is 0 Å². The maximum absolute atomic E-state index is 13.8. The number of benzene rings is 2. The molecule has 2 aromatic heterocycles. The first-order valence-corrected chi connectivity index (χ1v) is 11.9. The number of carbonyl (C=O) groups is 1. The normalized spacial score (nSPS) is 13.8. The van der Waals surface area contributed by atoms with E-state index in [1.54, 1.807) is 16.8 Å². The van der Waals surface area contributed by atoms with E-state index < -0.39 is 4.92 Å². The number of carbonyl (C=O) groups excluding carboxylic acids is 1. The number of aromatic nitrogens is 3. The summed E-state index contributed by atoms with van der Waals surface area (Å²) in [6.07, 6.45) is 1.96. The van der Waals surface area contributed by atoms with Gasteiger partial charge in [-0.3, -0.25) is 14.9 Å². The minimum absolute atomic E-state index is 0.0636. The Bertz CT molecular complexity index is 1430. The first-order chi connectivity index (χ1) is 17.3. The van der Waals surface area contributed by atoms with E-state index in [0.717, 1.165) is 33.9 Å². The monoisotopic (exact) mass is 484 g/mol. The Balaban J connectivity index is 1.41. The summed E-state index contributed by atoms with van der Waals surface area (Å²) >= 11 is 0. The molecule has 0 radical (unpaired) electrons. The first-order valence-electron chi connectivity index (χ1n) is 11.9. The second kappa shape index (κ2) is 9.33. The lowest BCUT2D eigenvalue weighted by atomic mass is 10.1. The van der Waals surface area contributed by atoms with E-state index in [4.69, 9.17) is 5.10 Å². The van der Waals surface area contributed by atoms with Crippen LogP contribution in [0.3, 0.4) is 0 Å². The average molecular weight is 485 g/mol. The van der Waals surface area contributed by atoms with Crippen molar-refractivity contribution < 1.29 is 9.72 Å². The molecule has 0 spiro atoms. The molecule has 9 nitrogen and oxygen atoms in total. The van der Waals surface area contributed by atoms with Crippen LogP contribution in [0.15, 0.2) is 66.9 Å². The van der Waals surface area contributed by atoms with Crippen molar-refractivity contribution in [2.45, 2.75) is 13.8 Å². The number of amides is 1. The number of nitro benzene ring substituents is 1. The van der Waals surface area contributed by atoms with Crippen LogP contribution < -0.4 is 4.90 Å². The minimum Gasteiger partial charge on any atom is -0.368 e. The molecule has 4 aromatic rings. The highest BCUT2D eigenvalue weighted by Crippen LogP contribution is 2.26. The Kier molecular flexibility index (Phi) is 6.05. The largest absolute Gasteiger partial charge is 0.368 e. The van der Waals surface area contributed by atoms with Gasteiger partial charge in [-0.1, -0.05) is 17.7 Å². The molecule has 3 heterocycles. The average Bonchev–Trinajstić information content (AvgIpc) is 3.50. The standard InChI is InChI=1S/C27H28N6O3/c1-19-6-11-24(20(2)17-19)32-26(18-23(28-32)25-5-4-12-29(25)3)27(34)31-15-13-30(14-16-31)21-7-9-22(10-8-21)33(35)36/h4-12,17-18H,13-16H2,1-3H3. The molecule has 2 aromatic carbocycles. The van der Waals surface area contributed by atoms with Crippen molar-refractivity contribution in [3.8, 4) is 17.1 Å². The van der Waals surface area contributed by atoms with Gasteiger partial charge in [-0.2, -0.15) is 5.10 Å². The third-order valence-electron chi connectivity index (χ3n) is 6.71. The number of nitro groups is 1. The number of hydrogen-bond donors (Lipinski definition) is 0. The minimum atomic E-state index is -0.400. The van der Waals surface area contributed by atoms with E-state index >= 15 is 0 Å². The van der Waals surface area contributed by atoms with Crippen LogP contribution in [0.25, 0.3) is 17.1 Å². The second-order valence-electron chi connectivity index (χ2n) is 9.17. The molecule has 0 aliphatic carbocycles. The van der Waals surface area contributed by atoms with Gasteiger partial charge in [0.15, 0.2) is 0 Å². The zero-order chi connectivity index (χ0) is 25.4. The van der Waals surface area contributed by atoms with Gasteiger partial charge in [-0.05, 0) is 55.8 Å². The predicted octanol–water partition coefficient (Wildman–Crippen LogP) is 4.37. The number of anilines is 1. The van der Waals surface area contributed by atoms with E-state index in [-0.39, 0.29) is 11.6 Å². The SMILES string of the molecule is Cc1ccc(-n2nc(-c3cccn3C)cc2C(=O)N2CCN(c3ccc([N+](=O)[O-])cc3)CC2)c(C)c1. The van der Waals surface area contributed by atoms with E-state index in [0.29, 0.717) is 31.9 Å². The van der Waals surface area contributed by atoms with E-state index in [1.807, 2.05) is 66.9 Å². The summed E-state index contributed by atoms with van der Waals surface area (Å²) in [5, 5.41) is 15.8. The molecular weight excluding hydrogens is 456 g/mol. The van der Waals surface area contributed by atoms with Crippen molar-refractivity contribution in [1.82, 2.24) is 19.2 Å². The summed E-state index contributed by atoms with van der Waals surface area (Å²) in [6.45, 7) is 6.47. The molecule has 1 aliphatic rings. The molecule has 0 atom stereocenters. The zero-order valence-corrected chi connectivity index (χ0v) is 20.6. The van der Waals surface area contributed by atoms with Gasteiger partial charge in [-0.25, -0.2) is 4.68 Å². The highest BCUT2D eigenvalue weighted by Gasteiger charge is 2.27. The predicted molar refractivity (Wildman–Crippen MR) is 139 cm³/mol. The number of rotatable bonds is 5. The van der Waals surface area contributed by atoms with Crippen molar-refractivity contribution in [3.63, 3.8) is 0 Å². The topological polar surface area (TPSA) is 89.4 Å². The van der Waals surface area contributed by atoms with Crippen LogP contribution in [0.2, 0.25) is 0 Å². The number of piperazine rings is 1. The lowest BCUT2D eigenvalue weighted by molar-refractivity contribution is -0.384. The summed E-state index contributed by atoms with van der Waals surface area (Å²) < 4.78 is 3.76. The van der Waals surface area contributed by atoms with Crippen LogP contribution in [0.5, 0.6) is 0 Å². The Morgan fingerprint density at radius 1 is 0.972 bits per heavy atom. The summed E-state index contributed by atoms with van der Waals surface area (Å²) in [7, 11) is 1.96. The molecule has 5 rings (SSSR count). The molecule has 1 aliphatic heterocycles. The van der Waals surface area contributed by atoms with Gasteiger partial charge >= 0.3 is 0 Å². The maximum Gasteiger partial charge on any atom is 0.272 e. The van der Waals surface area contributed by atoms with E-state index in [2.05, 4.69) is 11.0 Å². The van der Waals surface area contributed by atoms with Crippen molar-refractivity contribution in [2.24, 2.45) is 7.05 Å². The van der Waals surface area contributed by atoms with Gasteiger partial charge < -0.3 is 14.4 Å². The van der Waals surface area contributed by atoms with Crippen LogP contribution >= 0.6 is 0 Å². The van der Waals surface area contributed by atoms with Crippen LogP contribution in [0, 0.1) is 24.0 Å². The summed E-state index contributed by atoms with van der Waals surface area (Å²) in [4.78, 5) is 28.3. The Labute approximate surface area is 209 Å². The van der Waals surface area contributed by atoms with Crippen LogP contribution in [-0.4, -0.2) is 56.3 Å². The fraction of sp³-hybridized carbons (Fsp3) is 0.259. The number of nitrogens with zero attached hydrogens (tertiary/aromatic N) is 6. The molecule has 1 fully saturated rings. The first kappa shape index (κ1) is 23.3. The molecule has 184 valence electrons. The van der Waals surface area contributed by atoms with Crippen molar-refractivity contribution >= 4 is 17.3 Å². The molecule has 0 unspecified atom stereocenters. The van der Waals surface area contributed by atoms with Crippen LogP contribution in [-0.2, 0) is 7.05 Å². The van der Waals surface area contributed by atoms with Crippen molar-refractivity contribution in [3.05, 3.63) is 93.8 Å². The smallest absolute Gasteiger partial charge is 0.272 e. The summed E-state index contributed by atoms with van der Waals surface area (Å²) in [5.74, 6) is -0.0636. The van der Waals surface area contributed by atoms with Gasteiger partial charge in [0.25, 0.3) is 11.6 Å². The van der Waals surface area contributed by atoms with E-state index in [1.165, 1.54) is 12.1 Å². The van der Waals surface area contributed by atoms with Gasteiger partial charge in [0.1, 0.15) is 11.4 Å². The maximum atomic E-state index is 13.8. The molecule has 36 heavy (non-hydrogen) atoms. The Hall–Kier alpha value is -4.40. The van der Waals surface area contributed by atoms with Gasteiger partial charge in [0.05, 0.1) is 16.3 Å². The highest BCUT2D eigenvalue weighted by molar-refractivity contribution is 5.94. The zero-order valence-electron chi connectivity index (χ0n) is 20.6. The summed E-state index contributed by atoms with van der Waals surface area (Å²) in [5.41, 5.74) is 6.29. The molecule has 0 bridgehead atoms. The summed E-state index contributed by atoms with van der Waals surface area (Å²) in [6, 6.07) is 18.5. The molecule has 9 heteroatoms. The third kappa shape index (κ3) is 4.35. The number of non-ortho nitro benzene ring substituents is 1. The molecule has 1 amide bonds. The highest BCUT2D eigenvalue weighted by atomic mass is 16.6. The van der Waals surface area contributed by atoms with Crippen molar-refractivity contribution in [2.75, 3.05) is 31.1 Å². The fourth-order valence-electron chi connectivity index (χ4n) is 4.73. The number of hydrogen-bond acceptors (Lipinski definition) is 5. The molecule has 1 saturated heterocycles. The van der Waals surface area contributed by atoms with Crippen LogP contribution in [0.4, 0.5) is 11.4 Å². The van der Waals surface area contributed by atoms with Gasteiger partial charge in [-0.15, -0.1) is 0 Å². The third-order valence-corrected chi connectivity index (χ3v) is 6.71. The lowest BCUT2D eigenvalue weighted by Gasteiger charge is -2.36. The second-order valence-corrected chi connectivity index (χ2v) is 9.17. The molecule has 0 N–H and O–H groups in total. The Morgan fingerprint density at radius 2 is 1.69 bits per heavy atom. The van der Waals surface area contributed by atoms with Crippen LogP contribution in [0.1, 0.15) is 21.6 Å². The molecule has 0 saturated carbocycles. The Morgan fingerprint density at radius 3 is 2.31 bits per heavy atom. The quantitative estimate of drug-likeness (QED) is 0.310. The van der Waals surface area contributed by atoms with Gasteiger partial charge in [0.2, 0.25) is 0 Å². The molecular formula is C27H28N6O3. The lowest BCUT2D eigenvalue weighted by Crippen LogP contribution is -2.49. The van der Waals surface area contributed by atoms with E-state index in [9.17, 15) is 14.9 Å². The number of aryl methyl sites for hydroxylation is 3. The van der Waals surface area contributed by atoms with Gasteiger partial charge in [0, 0.05) is 57.2 Å².